The first kappa shape index (κ1) is 21.9. The third-order valence-electron chi connectivity index (χ3n) is 7.54. The summed E-state index contributed by atoms with van der Waals surface area (Å²) in [5, 5.41) is 24.7. The average molecular weight is 442 g/mol. The monoisotopic (exact) mass is 441 g/mol. The molecule has 1 aromatic carbocycles. The number of hydrogen-bond donors (Lipinski definition) is 3. The molecule has 2 aromatic rings. The zero-order chi connectivity index (χ0) is 22.2. The molecule has 3 aliphatic carbocycles. The molecule has 3 N–H and O–H groups in total. The molecule has 1 amide bonds. The second-order valence-electron chi connectivity index (χ2n) is 9.68. The first-order chi connectivity index (χ1) is 14.8. The summed E-state index contributed by atoms with van der Waals surface area (Å²) in [6.07, 6.45) is 9.08. The minimum atomic E-state index is -0.750. The van der Waals surface area contributed by atoms with E-state index in [9.17, 15) is 14.7 Å². The van der Waals surface area contributed by atoms with Gasteiger partial charge in [-0.2, -0.15) is 0 Å². The van der Waals surface area contributed by atoms with Gasteiger partial charge < -0.3 is 15.5 Å². The Kier molecular flexibility index (Phi) is 6.11. The van der Waals surface area contributed by atoms with Gasteiger partial charge in [0.25, 0.3) is 5.91 Å². The largest absolute Gasteiger partial charge is 0.508 e. The van der Waals surface area contributed by atoms with Gasteiger partial charge in [0.1, 0.15) is 5.75 Å². The summed E-state index contributed by atoms with van der Waals surface area (Å²) in [5.41, 5.74) is 0.882. The zero-order valence-corrected chi connectivity index (χ0v) is 19.0. The van der Waals surface area contributed by atoms with Crippen molar-refractivity contribution in [2.75, 3.05) is 0 Å². The van der Waals surface area contributed by atoms with E-state index in [1.165, 1.54) is 17.8 Å². The Balaban J connectivity index is 1.46. The molecule has 6 heteroatoms. The summed E-state index contributed by atoms with van der Waals surface area (Å²) in [6, 6.07) is 5.30. The molecule has 31 heavy (non-hydrogen) atoms. The number of amides is 1. The van der Waals surface area contributed by atoms with Crippen LogP contribution in [0.4, 0.5) is 0 Å². The van der Waals surface area contributed by atoms with Crippen LogP contribution in [0.25, 0.3) is 10.1 Å². The Hall–Kier alpha value is -2.34. The van der Waals surface area contributed by atoms with E-state index in [0.29, 0.717) is 29.7 Å². The van der Waals surface area contributed by atoms with Crippen LogP contribution in [0.3, 0.4) is 0 Å². The van der Waals surface area contributed by atoms with Crippen molar-refractivity contribution in [2.24, 2.45) is 23.2 Å². The van der Waals surface area contributed by atoms with Crippen LogP contribution >= 0.6 is 11.3 Å². The molecule has 4 atom stereocenters. The molecule has 5 rings (SSSR count). The second kappa shape index (κ2) is 8.65. The maximum Gasteiger partial charge on any atom is 0.303 e. The number of carbonyl (C=O) groups excluding carboxylic acids is 1. The second-order valence-corrected chi connectivity index (χ2v) is 10.6. The highest BCUT2D eigenvalue weighted by Crippen LogP contribution is 2.61. The molecular weight excluding hydrogens is 410 g/mol. The van der Waals surface area contributed by atoms with Crippen molar-refractivity contribution in [3.8, 4) is 5.75 Å². The van der Waals surface area contributed by atoms with E-state index in [2.05, 4.69) is 31.3 Å². The number of hydrogen-bond acceptors (Lipinski definition) is 4. The molecule has 1 heterocycles. The molecule has 0 aliphatic heterocycles. The molecule has 5 nitrogen and oxygen atoms in total. The lowest BCUT2D eigenvalue weighted by molar-refractivity contribution is -0.137. The van der Waals surface area contributed by atoms with Crippen LogP contribution in [0, 0.1) is 23.2 Å². The van der Waals surface area contributed by atoms with Crippen LogP contribution in [0.2, 0.25) is 0 Å². The lowest BCUT2D eigenvalue weighted by atomic mass is 9.44. The van der Waals surface area contributed by atoms with E-state index in [4.69, 9.17) is 5.11 Å². The van der Waals surface area contributed by atoms with Crippen molar-refractivity contribution in [1.82, 2.24) is 5.32 Å². The maximum atomic E-state index is 13.2. The molecule has 2 bridgehead atoms. The number of phenols is 1. The van der Waals surface area contributed by atoms with Crippen molar-refractivity contribution < 1.29 is 19.8 Å². The van der Waals surface area contributed by atoms with Gasteiger partial charge in [0.2, 0.25) is 0 Å². The lowest BCUT2D eigenvalue weighted by Gasteiger charge is -2.62. The smallest absolute Gasteiger partial charge is 0.303 e. The summed E-state index contributed by atoms with van der Waals surface area (Å²) in [6.45, 7) is 4.64. The fourth-order valence-electron chi connectivity index (χ4n) is 5.55. The van der Waals surface area contributed by atoms with Gasteiger partial charge in [-0.15, -0.1) is 11.3 Å². The maximum absolute atomic E-state index is 13.2. The quantitative estimate of drug-likeness (QED) is 0.368. The molecule has 1 unspecified atom stereocenters. The topological polar surface area (TPSA) is 86.6 Å². The summed E-state index contributed by atoms with van der Waals surface area (Å²) < 4.78 is 0.997. The van der Waals surface area contributed by atoms with Crippen molar-refractivity contribution in [2.45, 2.75) is 58.4 Å². The van der Waals surface area contributed by atoms with Crippen molar-refractivity contribution >= 4 is 33.3 Å². The Bertz CT molecular complexity index is 1010. The number of unbranched alkanes of at least 4 members (excludes halogenated alkanes) is 1. The van der Waals surface area contributed by atoms with Crippen molar-refractivity contribution in [3.63, 3.8) is 0 Å². The number of allylic oxidation sites excluding steroid dienone is 2. The van der Waals surface area contributed by atoms with E-state index in [1.54, 1.807) is 12.1 Å². The van der Waals surface area contributed by atoms with Gasteiger partial charge in [-0.3, -0.25) is 9.59 Å². The number of aromatic hydroxyl groups is 1. The molecular formula is C25H31NO4S. The van der Waals surface area contributed by atoms with Crippen LogP contribution < -0.4 is 5.32 Å². The van der Waals surface area contributed by atoms with E-state index in [-0.39, 0.29) is 29.5 Å². The highest BCUT2D eigenvalue weighted by molar-refractivity contribution is 7.17. The number of rotatable bonds is 8. The first-order valence-corrected chi connectivity index (χ1v) is 12.0. The first-order valence-electron chi connectivity index (χ1n) is 11.1. The molecule has 3 aliphatic rings. The summed E-state index contributed by atoms with van der Waals surface area (Å²) in [4.78, 5) is 23.9. The minimum absolute atomic E-state index is 0.0570. The van der Waals surface area contributed by atoms with Crippen molar-refractivity contribution in [1.29, 1.82) is 0 Å². The van der Waals surface area contributed by atoms with Gasteiger partial charge in [-0.25, -0.2) is 0 Å². The van der Waals surface area contributed by atoms with E-state index in [1.807, 2.05) is 11.4 Å². The number of carboxylic acid groups (broad SMARTS) is 1. The fraction of sp³-hybridized carbons (Fsp3) is 0.520. The lowest BCUT2D eigenvalue weighted by Crippen LogP contribution is -2.63. The van der Waals surface area contributed by atoms with Gasteiger partial charge in [0.15, 0.2) is 0 Å². The minimum Gasteiger partial charge on any atom is -0.508 e. The molecule has 0 saturated heterocycles. The molecule has 3 saturated carbocycles. The predicted octanol–water partition coefficient (Wildman–Crippen LogP) is 5.59. The third-order valence-corrected chi connectivity index (χ3v) is 8.50. The SMILES string of the molecule is CC1(C)[C@@H]2C[C@H](CC=CCCCC(=O)O)C(NC(=O)c3csc4ccc(O)cc34)[C@H]1C2. The number of carbonyl (C=O) groups is 2. The number of benzene rings is 1. The normalized spacial score (nSPS) is 26.6. The van der Waals surface area contributed by atoms with Gasteiger partial charge in [0, 0.05) is 27.9 Å². The fourth-order valence-corrected chi connectivity index (χ4v) is 6.47. The van der Waals surface area contributed by atoms with Crippen LogP contribution in [0.15, 0.2) is 35.7 Å². The van der Waals surface area contributed by atoms with Crippen LogP contribution in [-0.2, 0) is 4.79 Å². The molecule has 0 radical (unpaired) electrons. The zero-order valence-electron chi connectivity index (χ0n) is 18.1. The van der Waals surface area contributed by atoms with Gasteiger partial charge in [-0.05, 0) is 73.5 Å². The number of carboxylic acids is 1. The Morgan fingerprint density at radius 1 is 1.26 bits per heavy atom. The number of thiophene rings is 1. The number of aliphatic carboxylic acids is 1. The summed E-state index contributed by atoms with van der Waals surface area (Å²) in [5.74, 6) is 0.939. The highest BCUT2D eigenvalue weighted by Gasteiger charge is 2.57. The van der Waals surface area contributed by atoms with Crippen molar-refractivity contribution in [3.05, 3.63) is 41.3 Å². The van der Waals surface area contributed by atoms with Gasteiger partial charge in [-0.1, -0.05) is 26.0 Å². The van der Waals surface area contributed by atoms with Crippen LogP contribution in [-0.4, -0.2) is 28.1 Å². The highest BCUT2D eigenvalue weighted by atomic mass is 32.1. The number of fused-ring (bicyclic) bond motifs is 3. The van der Waals surface area contributed by atoms with E-state index < -0.39 is 5.97 Å². The summed E-state index contributed by atoms with van der Waals surface area (Å²) in [7, 11) is 0. The van der Waals surface area contributed by atoms with Crippen LogP contribution in [0.1, 0.15) is 62.7 Å². The molecule has 166 valence electrons. The third kappa shape index (κ3) is 4.36. The van der Waals surface area contributed by atoms with Crippen LogP contribution in [0.5, 0.6) is 5.75 Å². The molecule has 1 aromatic heterocycles. The van der Waals surface area contributed by atoms with E-state index >= 15 is 0 Å². The average Bonchev–Trinajstić information content (AvgIpc) is 3.13. The molecule has 3 fully saturated rings. The number of nitrogens with one attached hydrogen (secondary N) is 1. The Morgan fingerprint density at radius 3 is 2.81 bits per heavy atom. The summed E-state index contributed by atoms with van der Waals surface area (Å²) >= 11 is 1.52. The predicted molar refractivity (Wildman–Crippen MR) is 123 cm³/mol. The van der Waals surface area contributed by atoms with E-state index in [0.717, 1.165) is 29.3 Å². The van der Waals surface area contributed by atoms with Gasteiger partial charge >= 0.3 is 5.97 Å². The number of phenolic OH excluding ortho intramolecular Hbond substituents is 1. The molecule has 0 spiro atoms. The Morgan fingerprint density at radius 2 is 2.06 bits per heavy atom. The Labute approximate surface area is 187 Å². The van der Waals surface area contributed by atoms with Gasteiger partial charge in [0.05, 0.1) is 5.56 Å². The standard InChI is InChI=1S/C25H31NO4S/c1-25(2)16-11-15(7-5-3-4-6-8-22(28)29)23(20(25)12-16)26-24(30)19-14-31-21-10-9-17(27)13-18(19)21/h3,5,9-10,13-16,20,23,27H,4,6-8,11-12H2,1-2H3,(H,26,30)(H,28,29)/t15-,16+,20+,23?/m0/s1.